The zero-order chi connectivity index (χ0) is 20.1. The summed E-state index contributed by atoms with van der Waals surface area (Å²) in [7, 11) is -2.25. The van der Waals surface area contributed by atoms with E-state index in [-0.39, 0.29) is 16.7 Å². The molecule has 0 heterocycles. The summed E-state index contributed by atoms with van der Waals surface area (Å²) in [4.78, 5) is 12.4. The van der Waals surface area contributed by atoms with Gasteiger partial charge in [0.15, 0.2) is 0 Å². The molecule has 0 fully saturated rings. The van der Waals surface area contributed by atoms with Crippen LogP contribution in [0.2, 0.25) is 0 Å². The third-order valence-corrected chi connectivity index (χ3v) is 6.19. The van der Waals surface area contributed by atoms with Gasteiger partial charge in [0, 0.05) is 17.8 Å². The van der Waals surface area contributed by atoms with Crippen molar-refractivity contribution in [2.45, 2.75) is 31.1 Å². The minimum atomic E-state index is -3.80. The highest BCUT2D eigenvalue weighted by atomic mass is 32.2. The van der Waals surface area contributed by atoms with Crippen molar-refractivity contribution in [1.29, 1.82) is 0 Å². The number of hydrogen-bond donors (Lipinski definition) is 2. The average Bonchev–Trinajstić information content (AvgIpc) is 3.16. The van der Waals surface area contributed by atoms with E-state index in [2.05, 4.69) is 22.2 Å². The van der Waals surface area contributed by atoms with Crippen molar-refractivity contribution in [2.75, 3.05) is 17.1 Å². The fraction of sp³-hybridized carbons (Fsp3) is 0.286. The van der Waals surface area contributed by atoms with Crippen LogP contribution >= 0.6 is 0 Å². The van der Waals surface area contributed by atoms with Crippen molar-refractivity contribution < 1.29 is 17.9 Å². The number of methoxy groups -OCH3 is 1. The van der Waals surface area contributed by atoms with Crippen molar-refractivity contribution in [1.82, 2.24) is 0 Å². The summed E-state index contributed by atoms with van der Waals surface area (Å²) in [5.41, 5.74) is 1.49. The Kier molecular flexibility index (Phi) is 6.04. The zero-order valence-electron chi connectivity index (χ0n) is 15.9. The standard InChI is InChI=1S/C21H24N2O4S/c1-15-7-8-18(22-21(24)13-16-5-3-4-6-16)14-20(15)28(25,26)23-17-9-11-19(27-2)12-10-17/h3,5,7-12,14,16,23H,4,6,13H2,1-2H3,(H,22,24)/t16-/m1/s1. The van der Waals surface area contributed by atoms with Gasteiger partial charge in [0.05, 0.1) is 12.0 Å². The molecule has 28 heavy (non-hydrogen) atoms. The minimum Gasteiger partial charge on any atom is -0.497 e. The van der Waals surface area contributed by atoms with Gasteiger partial charge in [-0.3, -0.25) is 9.52 Å². The highest BCUT2D eigenvalue weighted by Crippen LogP contribution is 2.25. The van der Waals surface area contributed by atoms with Crippen LogP contribution in [0.3, 0.4) is 0 Å². The second-order valence-electron chi connectivity index (χ2n) is 6.83. The van der Waals surface area contributed by atoms with E-state index in [9.17, 15) is 13.2 Å². The molecular weight excluding hydrogens is 376 g/mol. The van der Waals surface area contributed by atoms with E-state index >= 15 is 0 Å². The SMILES string of the molecule is COc1ccc(NS(=O)(=O)c2cc(NC(=O)C[C@@H]3C=CCC3)ccc2C)cc1. The van der Waals surface area contributed by atoms with Gasteiger partial charge in [0.2, 0.25) is 5.91 Å². The highest BCUT2D eigenvalue weighted by Gasteiger charge is 2.19. The van der Waals surface area contributed by atoms with Gasteiger partial charge in [-0.2, -0.15) is 0 Å². The molecule has 6 nitrogen and oxygen atoms in total. The number of rotatable bonds is 7. The molecule has 0 saturated carbocycles. The molecule has 2 N–H and O–H groups in total. The van der Waals surface area contributed by atoms with Crippen molar-refractivity contribution in [2.24, 2.45) is 5.92 Å². The third-order valence-electron chi connectivity index (χ3n) is 4.66. The Labute approximate surface area is 165 Å². The van der Waals surface area contributed by atoms with Crippen LogP contribution in [0.4, 0.5) is 11.4 Å². The Morgan fingerprint density at radius 1 is 1.14 bits per heavy atom. The summed E-state index contributed by atoms with van der Waals surface area (Å²) in [5.74, 6) is 0.776. The second kappa shape index (κ2) is 8.48. The molecule has 1 aliphatic rings. The summed E-state index contributed by atoms with van der Waals surface area (Å²) < 4.78 is 33.3. The lowest BCUT2D eigenvalue weighted by Crippen LogP contribution is -2.17. The van der Waals surface area contributed by atoms with Gasteiger partial charge < -0.3 is 10.1 Å². The smallest absolute Gasteiger partial charge is 0.262 e. The Hall–Kier alpha value is -2.80. The van der Waals surface area contributed by atoms with Crippen LogP contribution in [0.25, 0.3) is 0 Å². The maximum Gasteiger partial charge on any atom is 0.262 e. The molecule has 0 aromatic heterocycles. The van der Waals surface area contributed by atoms with E-state index in [1.807, 2.05) is 0 Å². The van der Waals surface area contributed by atoms with Crippen LogP contribution in [-0.4, -0.2) is 21.4 Å². The number of amides is 1. The molecule has 3 rings (SSSR count). The molecule has 2 aromatic rings. The van der Waals surface area contributed by atoms with Crippen molar-refractivity contribution in [3.05, 3.63) is 60.2 Å². The minimum absolute atomic E-state index is 0.119. The van der Waals surface area contributed by atoms with Gasteiger partial charge in [-0.1, -0.05) is 18.2 Å². The van der Waals surface area contributed by atoms with Crippen LogP contribution in [0.1, 0.15) is 24.8 Å². The van der Waals surface area contributed by atoms with Gasteiger partial charge in [0.1, 0.15) is 5.75 Å². The van der Waals surface area contributed by atoms with E-state index < -0.39 is 10.0 Å². The van der Waals surface area contributed by atoms with Crippen molar-refractivity contribution in [3.8, 4) is 5.75 Å². The van der Waals surface area contributed by atoms with Crippen molar-refractivity contribution in [3.63, 3.8) is 0 Å². The number of nitrogens with one attached hydrogen (secondary N) is 2. The molecule has 1 amide bonds. The number of carbonyl (C=O) groups excluding carboxylic acids is 1. The van der Waals surface area contributed by atoms with Crippen LogP contribution in [0.5, 0.6) is 5.75 Å². The summed E-state index contributed by atoms with van der Waals surface area (Å²) in [6.07, 6.45) is 6.52. The lowest BCUT2D eigenvalue weighted by atomic mass is 10.1. The van der Waals surface area contributed by atoms with E-state index in [0.29, 0.717) is 29.1 Å². The number of aryl methyl sites for hydroxylation is 1. The van der Waals surface area contributed by atoms with Gasteiger partial charge in [-0.15, -0.1) is 0 Å². The average molecular weight is 401 g/mol. The predicted octanol–water partition coefficient (Wildman–Crippen LogP) is 4.10. The first kappa shape index (κ1) is 19.9. The topological polar surface area (TPSA) is 84.5 Å². The van der Waals surface area contributed by atoms with Gasteiger partial charge in [-0.25, -0.2) is 8.42 Å². The maximum atomic E-state index is 12.8. The first-order chi connectivity index (χ1) is 13.4. The van der Waals surface area contributed by atoms with E-state index in [0.717, 1.165) is 12.8 Å². The van der Waals surface area contributed by atoms with E-state index in [1.165, 1.54) is 6.07 Å². The summed E-state index contributed by atoms with van der Waals surface area (Å²) >= 11 is 0. The molecule has 148 valence electrons. The number of carbonyl (C=O) groups is 1. The fourth-order valence-electron chi connectivity index (χ4n) is 3.15. The molecule has 0 spiro atoms. The number of sulfonamides is 1. The monoisotopic (exact) mass is 400 g/mol. The number of anilines is 2. The molecule has 2 aromatic carbocycles. The lowest BCUT2D eigenvalue weighted by molar-refractivity contribution is -0.116. The molecule has 0 radical (unpaired) electrons. The Morgan fingerprint density at radius 2 is 1.86 bits per heavy atom. The molecule has 0 saturated heterocycles. The number of allylic oxidation sites excluding steroid dienone is 2. The second-order valence-corrected chi connectivity index (χ2v) is 8.48. The number of benzene rings is 2. The quantitative estimate of drug-likeness (QED) is 0.686. The molecule has 1 aliphatic carbocycles. The van der Waals surface area contributed by atoms with Crippen LogP contribution in [0, 0.1) is 12.8 Å². The van der Waals surface area contributed by atoms with E-state index in [4.69, 9.17) is 4.74 Å². The number of ether oxygens (including phenoxy) is 1. The Balaban J connectivity index is 1.75. The Morgan fingerprint density at radius 3 is 2.50 bits per heavy atom. The van der Waals surface area contributed by atoms with Crippen molar-refractivity contribution >= 4 is 27.3 Å². The number of hydrogen-bond acceptors (Lipinski definition) is 4. The highest BCUT2D eigenvalue weighted by molar-refractivity contribution is 7.92. The molecule has 0 aliphatic heterocycles. The lowest BCUT2D eigenvalue weighted by Gasteiger charge is -2.14. The van der Waals surface area contributed by atoms with Crippen LogP contribution in [-0.2, 0) is 14.8 Å². The van der Waals surface area contributed by atoms with Crippen LogP contribution < -0.4 is 14.8 Å². The van der Waals surface area contributed by atoms with Gasteiger partial charge >= 0.3 is 0 Å². The first-order valence-corrected chi connectivity index (χ1v) is 10.6. The fourth-order valence-corrected chi connectivity index (χ4v) is 4.48. The van der Waals surface area contributed by atoms with Crippen LogP contribution in [0.15, 0.2) is 59.5 Å². The maximum absolute atomic E-state index is 12.8. The summed E-state index contributed by atoms with van der Waals surface area (Å²) in [6, 6.07) is 11.5. The zero-order valence-corrected chi connectivity index (χ0v) is 16.8. The first-order valence-electron chi connectivity index (χ1n) is 9.11. The predicted molar refractivity (Wildman–Crippen MR) is 110 cm³/mol. The van der Waals surface area contributed by atoms with Gasteiger partial charge in [-0.05, 0) is 67.6 Å². The van der Waals surface area contributed by atoms with Gasteiger partial charge in [0.25, 0.3) is 10.0 Å². The summed E-state index contributed by atoms with van der Waals surface area (Å²) in [6.45, 7) is 1.72. The third kappa shape index (κ3) is 4.92. The van der Waals surface area contributed by atoms with E-state index in [1.54, 1.807) is 50.4 Å². The molecule has 0 bridgehead atoms. The molecule has 0 unspecified atom stereocenters. The largest absolute Gasteiger partial charge is 0.497 e. The molecule has 1 atom stereocenters. The molecule has 7 heteroatoms. The summed E-state index contributed by atoms with van der Waals surface area (Å²) in [5, 5.41) is 2.81. The normalized spacial score (nSPS) is 16.0. The Bertz CT molecular complexity index is 982. The molecular formula is C21H24N2O4S.